The van der Waals surface area contributed by atoms with Gasteiger partial charge in [0.1, 0.15) is 0 Å². The largest absolute Gasteiger partial charge is 0.380 e. The molecule has 0 bridgehead atoms. The van der Waals surface area contributed by atoms with Gasteiger partial charge in [-0.15, -0.1) is 0 Å². The molecule has 0 radical (unpaired) electrons. The van der Waals surface area contributed by atoms with Crippen molar-refractivity contribution >= 4 is 11.8 Å². The van der Waals surface area contributed by atoms with Gasteiger partial charge in [0.15, 0.2) is 12.2 Å². The second-order valence-electron chi connectivity index (χ2n) is 6.31. The van der Waals surface area contributed by atoms with Gasteiger partial charge in [0.2, 0.25) is 0 Å². The molecule has 3 rings (SSSR count). The van der Waals surface area contributed by atoms with E-state index in [1.54, 1.807) is 24.5 Å². The van der Waals surface area contributed by atoms with Crippen molar-refractivity contribution in [3.63, 3.8) is 0 Å². The Labute approximate surface area is 145 Å². The third-order valence-electron chi connectivity index (χ3n) is 4.56. The maximum absolute atomic E-state index is 12.4. The molecule has 1 saturated heterocycles. The number of allylic oxidation sites excluding steroid dienone is 2. The number of hydrogen-bond acceptors (Lipinski definition) is 5. The Balaban J connectivity index is 1.53. The number of amides is 2. The van der Waals surface area contributed by atoms with E-state index in [4.69, 9.17) is 0 Å². The first-order valence-electron chi connectivity index (χ1n) is 8.23. The summed E-state index contributed by atoms with van der Waals surface area (Å²) in [6.45, 7) is 1.12. The van der Waals surface area contributed by atoms with Crippen LogP contribution in [0.2, 0.25) is 0 Å². The predicted octanol–water partition coefficient (Wildman–Crippen LogP) is -0.380. The number of nitrogens with one attached hydrogen (secondary N) is 1. The molecule has 7 heteroatoms. The van der Waals surface area contributed by atoms with E-state index in [9.17, 15) is 19.8 Å². The number of nitrogens with zero attached hydrogens (tertiary/aromatic N) is 2. The zero-order chi connectivity index (χ0) is 17.8. The maximum Gasteiger partial charge on any atom is 0.254 e. The van der Waals surface area contributed by atoms with Crippen LogP contribution in [0.5, 0.6) is 0 Å². The van der Waals surface area contributed by atoms with Crippen molar-refractivity contribution in [1.29, 1.82) is 0 Å². The van der Waals surface area contributed by atoms with Crippen molar-refractivity contribution in [2.75, 3.05) is 13.1 Å². The lowest BCUT2D eigenvalue weighted by molar-refractivity contribution is -0.152. The molecule has 7 nitrogen and oxygen atoms in total. The van der Waals surface area contributed by atoms with Gasteiger partial charge in [-0.25, -0.2) is 0 Å². The Morgan fingerprint density at radius 3 is 2.48 bits per heavy atom. The summed E-state index contributed by atoms with van der Waals surface area (Å²) in [6.07, 6.45) is 7.54. The summed E-state index contributed by atoms with van der Waals surface area (Å²) in [5, 5.41) is 22.6. The fourth-order valence-electron chi connectivity index (χ4n) is 3.12. The molecule has 0 aromatic carbocycles. The van der Waals surface area contributed by atoms with Crippen LogP contribution in [0.1, 0.15) is 5.56 Å². The summed E-state index contributed by atoms with van der Waals surface area (Å²) in [4.78, 5) is 29.8. The van der Waals surface area contributed by atoms with E-state index >= 15 is 0 Å². The summed E-state index contributed by atoms with van der Waals surface area (Å²) in [5.41, 5.74) is 0.756. The monoisotopic (exact) mass is 343 g/mol. The van der Waals surface area contributed by atoms with Crippen LogP contribution in [0.3, 0.4) is 0 Å². The van der Waals surface area contributed by atoms with E-state index in [1.165, 1.54) is 4.90 Å². The minimum atomic E-state index is -1.81. The van der Waals surface area contributed by atoms with Crippen molar-refractivity contribution in [3.05, 3.63) is 54.4 Å². The number of aromatic nitrogens is 1. The maximum atomic E-state index is 12.4. The molecule has 2 unspecified atom stereocenters. The Hall–Kier alpha value is -2.51. The van der Waals surface area contributed by atoms with Gasteiger partial charge in [-0.05, 0) is 11.6 Å². The van der Waals surface area contributed by atoms with Crippen LogP contribution in [0.25, 0.3) is 0 Å². The van der Waals surface area contributed by atoms with Gasteiger partial charge < -0.3 is 20.4 Å². The normalized spacial score (nSPS) is 23.8. The molecule has 2 aliphatic rings. The number of pyridine rings is 1. The molecular formula is C18H21N3O4. The summed E-state index contributed by atoms with van der Waals surface area (Å²) < 4.78 is 0. The zero-order valence-corrected chi connectivity index (χ0v) is 13.7. The average Bonchev–Trinajstić information content (AvgIpc) is 3.09. The van der Waals surface area contributed by atoms with Gasteiger partial charge in [0.25, 0.3) is 11.8 Å². The number of likely N-dealkylation sites (tertiary alicyclic amines) is 1. The molecular weight excluding hydrogens is 322 g/mol. The molecule has 25 heavy (non-hydrogen) atoms. The second-order valence-corrected chi connectivity index (χ2v) is 6.31. The lowest BCUT2D eigenvalue weighted by Gasteiger charge is -2.23. The van der Waals surface area contributed by atoms with E-state index in [2.05, 4.69) is 10.3 Å². The Kier molecular flexibility index (Phi) is 5.25. The molecule has 1 aromatic heterocycles. The Morgan fingerprint density at radius 1 is 1.20 bits per heavy atom. The second kappa shape index (κ2) is 7.58. The van der Waals surface area contributed by atoms with E-state index in [1.807, 2.05) is 24.3 Å². The molecule has 1 aromatic rings. The topological polar surface area (TPSA) is 103 Å². The third kappa shape index (κ3) is 3.94. The van der Waals surface area contributed by atoms with Crippen molar-refractivity contribution in [2.45, 2.75) is 18.8 Å². The first-order chi connectivity index (χ1) is 12.1. The van der Waals surface area contributed by atoms with Crippen LogP contribution in [-0.4, -0.2) is 57.2 Å². The highest BCUT2D eigenvalue weighted by molar-refractivity contribution is 5.90. The van der Waals surface area contributed by atoms with Gasteiger partial charge in [-0.3, -0.25) is 14.6 Å². The van der Waals surface area contributed by atoms with E-state index < -0.39 is 24.0 Å². The highest BCUT2D eigenvalue weighted by Crippen LogP contribution is 2.28. The van der Waals surface area contributed by atoms with Gasteiger partial charge >= 0.3 is 0 Å². The lowest BCUT2D eigenvalue weighted by atomic mass is 9.92. The molecule has 2 amide bonds. The number of hydrogen-bond donors (Lipinski definition) is 3. The molecule has 1 fully saturated rings. The molecule has 1 aliphatic carbocycles. The molecule has 132 valence electrons. The third-order valence-corrected chi connectivity index (χ3v) is 4.56. The molecule has 4 atom stereocenters. The Bertz CT molecular complexity index is 669. The van der Waals surface area contributed by atoms with Crippen molar-refractivity contribution in [3.8, 4) is 0 Å². The van der Waals surface area contributed by atoms with Crippen LogP contribution in [0, 0.1) is 11.8 Å². The molecule has 0 saturated carbocycles. The highest BCUT2D eigenvalue weighted by Gasteiger charge is 2.39. The number of carbonyl (C=O) groups is 2. The summed E-state index contributed by atoms with van der Waals surface area (Å²) in [7, 11) is 0. The van der Waals surface area contributed by atoms with Crippen molar-refractivity contribution in [1.82, 2.24) is 15.2 Å². The fraction of sp³-hybridized carbons (Fsp3) is 0.389. The first-order valence-corrected chi connectivity index (χ1v) is 8.23. The SMILES string of the molecule is O=C(NCc1cccnc1)[C@H](O)[C@@H](O)C(=O)N1CC2C=CC=CC2C1. The standard InChI is InChI=1S/C18H21N3O4/c22-15(17(24)20-9-12-4-3-7-19-8-12)16(23)18(25)21-10-13-5-1-2-6-14(13)11-21/h1-8,13-16,22-23H,9-11H2,(H,20,24)/t13?,14?,15-,16-/m1/s1. The molecule has 0 spiro atoms. The van der Waals surface area contributed by atoms with E-state index in [-0.39, 0.29) is 18.4 Å². The number of rotatable bonds is 5. The first kappa shape index (κ1) is 17.3. The van der Waals surface area contributed by atoms with Gasteiger partial charge in [-0.1, -0.05) is 30.4 Å². The minimum Gasteiger partial charge on any atom is -0.380 e. The molecule has 1 aliphatic heterocycles. The summed E-state index contributed by atoms with van der Waals surface area (Å²) in [6, 6.07) is 3.50. The van der Waals surface area contributed by atoms with Gasteiger partial charge in [0.05, 0.1) is 0 Å². The number of fused-ring (bicyclic) bond motifs is 1. The number of aliphatic hydroxyl groups is 2. The Morgan fingerprint density at radius 2 is 1.88 bits per heavy atom. The smallest absolute Gasteiger partial charge is 0.254 e. The number of carbonyl (C=O) groups excluding carboxylic acids is 2. The summed E-state index contributed by atoms with van der Waals surface area (Å²) in [5.74, 6) is -0.975. The predicted molar refractivity (Wildman–Crippen MR) is 89.9 cm³/mol. The summed E-state index contributed by atoms with van der Waals surface area (Å²) >= 11 is 0. The van der Waals surface area contributed by atoms with Crippen LogP contribution >= 0.6 is 0 Å². The van der Waals surface area contributed by atoms with E-state index in [0.29, 0.717) is 13.1 Å². The quantitative estimate of drug-likeness (QED) is 0.676. The van der Waals surface area contributed by atoms with Crippen LogP contribution in [-0.2, 0) is 16.1 Å². The van der Waals surface area contributed by atoms with Gasteiger partial charge in [0, 0.05) is 43.9 Å². The zero-order valence-electron chi connectivity index (χ0n) is 13.7. The number of aliphatic hydroxyl groups excluding tert-OH is 2. The molecule has 2 heterocycles. The lowest BCUT2D eigenvalue weighted by Crippen LogP contribution is -2.50. The highest BCUT2D eigenvalue weighted by atomic mass is 16.3. The van der Waals surface area contributed by atoms with Crippen molar-refractivity contribution in [2.24, 2.45) is 11.8 Å². The van der Waals surface area contributed by atoms with Crippen LogP contribution in [0.4, 0.5) is 0 Å². The van der Waals surface area contributed by atoms with Gasteiger partial charge in [-0.2, -0.15) is 0 Å². The fourth-order valence-corrected chi connectivity index (χ4v) is 3.12. The van der Waals surface area contributed by atoms with E-state index in [0.717, 1.165) is 5.56 Å². The van der Waals surface area contributed by atoms with Crippen molar-refractivity contribution < 1.29 is 19.8 Å². The van der Waals surface area contributed by atoms with Crippen LogP contribution < -0.4 is 5.32 Å². The van der Waals surface area contributed by atoms with Crippen LogP contribution in [0.15, 0.2) is 48.8 Å². The minimum absolute atomic E-state index is 0.161. The molecule has 3 N–H and O–H groups in total. The average molecular weight is 343 g/mol.